The molecule has 0 bridgehead atoms. The predicted molar refractivity (Wildman–Crippen MR) is 128 cm³/mol. The monoisotopic (exact) mass is 529 g/mol. The zero-order chi connectivity index (χ0) is 26.7. The van der Waals surface area contributed by atoms with E-state index in [1.165, 1.54) is 12.1 Å². The average molecular weight is 530 g/mol. The van der Waals surface area contributed by atoms with E-state index < -0.39 is 24.2 Å². The first-order chi connectivity index (χ1) is 18.1. The Morgan fingerprint density at radius 2 is 2.13 bits per heavy atom. The third-order valence-corrected chi connectivity index (χ3v) is 7.43. The van der Waals surface area contributed by atoms with Crippen molar-refractivity contribution in [2.75, 3.05) is 11.9 Å². The van der Waals surface area contributed by atoms with Gasteiger partial charge in [-0.3, -0.25) is 9.59 Å². The van der Waals surface area contributed by atoms with E-state index in [1.54, 1.807) is 23.7 Å². The number of fused-ring (bicyclic) bond motifs is 3. The molecule has 3 aromatic rings. The van der Waals surface area contributed by atoms with E-state index in [-0.39, 0.29) is 17.4 Å². The lowest BCUT2D eigenvalue weighted by atomic mass is 9.82. The van der Waals surface area contributed by atoms with Crippen LogP contribution in [0.15, 0.2) is 28.8 Å². The van der Waals surface area contributed by atoms with Gasteiger partial charge in [-0.15, -0.1) is 0 Å². The van der Waals surface area contributed by atoms with E-state index in [0.29, 0.717) is 54.6 Å². The van der Waals surface area contributed by atoms with Crippen LogP contribution in [0.2, 0.25) is 0 Å². The van der Waals surface area contributed by atoms with Crippen LogP contribution in [0.4, 0.5) is 19.0 Å². The second kappa shape index (κ2) is 8.88. The quantitative estimate of drug-likeness (QED) is 0.472. The molecule has 0 unspecified atom stereocenters. The van der Waals surface area contributed by atoms with Crippen LogP contribution < -0.4 is 15.4 Å². The summed E-state index contributed by atoms with van der Waals surface area (Å²) in [4.78, 5) is 26.4. The molecule has 200 valence electrons. The topological polar surface area (TPSA) is 111 Å². The van der Waals surface area contributed by atoms with Crippen molar-refractivity contribution in [2.45, 2.75) is 63.7 Å². The Kier molecular flexibility index (Phi) is 5.73. The Labute approximate surface area is 215 Å². The summed E-state index contributed by atoms with van der Waals surface area (Å²) >= 11 is 0. The second-order valence-corrected chi connectivity index (χ2v) is 10.3. The smallest absolute Gasteiger partial charge is 0.422 e. The molecule has 6 rings (SSSR count). The van der Waals surface area contributed by atoms with Gasteiger partial charge in [-0.25, -0.2) is 4.68 Å². The SMILES string of the molecule is Cc1cc(C(=O)Nc2c3c(nn2CCC2CC2)C[C@]2(CCc4cc(OCC(F)(F)F)ccc42)NC3=O)no1. The largest absolute Gasteiger partial charge is 0.484 e. The molecule has 2 aromatic heterocycles. The zero-order valence-electron chi connectivity index (χ0n) is 20.7. The van der Waals surface area contributed by atoms with Crippen LogP contribution in [0.1, 0.15) is 69.1 Å². The molecule has 1 aromatic carbocycles. The number of nitrogens with one attached hydrogen (secondary N) is 2. The molecular weight excluding hydrogens is 503 g/mol. The lowest BCUT2D eigenvalue weighted by Crippen LogP contribution is -2.49. The number of aromatic nitrogens is 3. The van der Waals surface area contributed by atoms with Crippen LogP contribution in [0.5, 0.6) is 5.75 Å². The summed E-state index contributed by atoms with van der Waals surface area (Å²) in [7, 11) is 0. The maximum absolute atomic E-state index is 13.5. The number of hydrogen-bond acceptors (Lipinski definition) is 6. The van der Waals surface area contributed by atoms with Crippen molar-refractivity contribution in [3.8, 4) is 5.75 Å². The number of hydrogen-bond donors (Lipinski definition) is 2. The number of carbonyl (C=O) groups is 2. The Morgan fingerprint density at radius 1 is 1.32 bits per heavy atom. The number of halogens is 3. The minimum Gasteiger partial charge on any atom is -0.484 e. The second-order valence-electron chi connectivity index (χ2n) is 10.3. The number of alkyl halides is 3. The molecule has 1 spiro atoms. The number of benzene rings is 1. The van der Waals surface area contributed by atoms with Crippen LogP contribution >= 0.6 is 0 Å². The Hall–Kier alpha value is -3.83. The van der Waals surface area contributed by atoms with E-state index in [0.717, 1.165) is 30.4 Å². The first-order valence-corrected chi connectivity index (χ1v) is 12.6. The molecule has 2 N–H and O–H groups in total. The maximum atomic E-state index is 13.5. The fourth-order valence-electron chi connectivity index (χ4n) is 5.42. The standard InChI is InChI=1S/C26H26F3N5O4/c1-14-10-19(33-38-14)23(35)30-22-21-20(32-34(22)9-7-15-2-3-15)12-25(31-24(21)36)8-6-16-11-17(4-5-18(16)25)37-13-26(27,28)29/h4-5,10-11,15H,2-3,6-9,12-13H2,1H3,(H,30,35)(H,31,36)/t25-/m0/s1. The molecule has 1 aliphatic heterocycles. The highest BCUT2D eigenvalue weighted by atomic mass is 19.4. The van der Waals surface area contributed by atoms with Crippen LogP contribution in [0.3, 0.4) is 0 Å². The van der Waals surface area contributed by atoms with E-state index in [4.69, 9.17) is 14.4 Å². The number of ether oxygens (including phenoxy) is 1. The molecule has 1 atom stereocenters. The number of amides is 2. The Balaban J connectivity index is 1.30. The third-order valence-electron chi connectivity index (χ3n) is 7.43. The highest BCUT2D eigenvalue weighted by Gasteiger charge is 2.47. The van der Waals surface area contributed by atoms with Crippen molar-refractivity contribution < 1.29 is 32.0 Å². The minimum absolute atomic E-state index is 0.104. The summed E-state index contributed by atoms with van der Waals surface area (Å²) in [5, 5.41) is 14.5. The molecule has 1 fully saturated rings. The van der Waals surface area contributed by atoms with Crippen molar-refractivity contribution in [3.63, 3.8) is 0 Å². The van der Waals surface area contributed by atoms with E-state index in [2.05, 4.69) is 15.8 Å². The highest BCUT2D eigenvalue weighted by Crippen LogP contribution is 2.44. The Bertz CT molecular complexity index is 1420. The van der Waals surface area contributed by atoms with Gasteiger partial charge in [-0.2, -0.15) is 18.3 Å². The van der Waals surface area contributed by atoms with Gasteiger partial charge in [-0.05, 0) is 55.4 Å². The van der Waals surface area contributed by atoms with Gasteiger partial charge in [0.1, 0.15) is 22.9 Å². The number of nitrogens with zero attached hydrogens (tertiary/aromatic N) is 3. The van der Waals surface area contributed by atoms with Gasteiger partial charge >= 0.3 is 6.18 Å². The van der Waals surface area contributed by atoms with Crippen molar-refractivity contribution >= 4 is 17.6 Å². The molecule has 1 saturated carbocycles. The van der Waals surface area contributed by atoms with Gasteiger partial charge in [0.25, 0.3) is 11.8 Å². The Morgan fingerprint density at radius 3 is 2.84 bits per heavy atom. The summed E-state index contributed by atoms with van der Waals surface area (Å²) in [5.41, 5.74) is 1.93. The molecule has 2 aliphatic carbocycles. The van der Waals surface area contributed by atoms with Gasteiger partial charge in [0.05, 0.1) is 11.2 Å². The summed E-state index contributed by atoms with van der Waals surface area (Å²) in [5.74, 6) is 0.717. The van der Waals surface area contributed by atoms with Crippen molar-refractivity contribution in [2.24, 2.45) is 5.92 Å². The molecule has 12 heteroatoms. The first-order valence-electron chi connectivity index (χ1n) is 12.6. The molecule has 3 heterocycles. The summed E-state index contributed by atoms with van der Waals surface area (Å²) < 4.78 is 49.4. The van der Waals surface area contributed by atoms with Gasteiger partial charge in [0.15, 0.2) is 12.3 Å². The summed E-state index contributed by atoms with van der Waals surface area (Å²) in [6, 6.07) is 6.35. The molecule has 38 heavy (non-hydrogen) atoms. The average Bonchev–Trinajstić information content (AvgIpc) is 3.35. The molecule has 2 amide bonds. The van der Waals surface area contributed by atoms with Gasteiger partial charge < -0.3 is 19.9 Å². The molecule has 3 aliphatic rings. The minimum atomic E-state index is -4.42. The van der Waals surface area contributed by atoms with Crippen molar-refractivity contribution in [1.29, 1.82) is 0 Å². The summed E-state index contributed by atoms with van der Waals surface area (Å²) in [6.45, 7) is 0.878. The van der Waals surface area contributed by atoms with E-state index in [1.807, 2.05) is 0 Å². The van der Waals surface area contributed by atoms with E-state index >= 15 is 0 Å². The lowest BCUT2D eigenvalue weighted by molar-refractivity contribution is -0.153. The fourth-order valence-corrected chi connectivity index (χ4v) is 5.42. The fraction of sp³-hybridized carbons (Fsp3) is 0.462. The van der Waals surface area contributed by atoms with Crippen LogP contribution in [0, 0.1) is 12.8 Å². The molecule has 0 radical (unpaired) electrons. The first kappa shape index (κ1) is 24.5. The van der Waals surface area contributed by atoms with Gasteiger partial charge in [0, 0.05) is 19.0 Å². The predicted octanol–water partition coefficient (Wildman–Crippen LogP) is 4.30. The van der Waals surface area contributed by atoms with Gasteiger partial charge in [-0.1, -0.05) is 24.1 Å². The van der Waals surface area contributed by atoms with Crippen molar-refractivity contribution in [1.82, 2.24) is 20.3 Å². The van der Waals surface area contributed by atoms with Crippen LogP contribution in [-0.2, 0) is 24.9 Å². The maximum Gasteiger partial charge on any atom is 0.422 e. The van der Waals surface area contributed by atoms with E-state index in [9.17, 15) is 22.8 Å². The van der Waals surface area contributed by atoms with Crippen molar-refractivity contribution in [3.05, 3.63) is 58.1 Å². The molecule has 9 nitrogen and oxygen atoms in total. The normalized spacial score (nSPS) is 20.3. The number of rotatable bonds is 7. The molecular formula is C26H26F3N5O4. The zero-order valence-corrected chi connectivity index (χ0v) is 20.7. The lowest BCUT2D eigenvalue weighted by Gasteiger charge is -2.35. The number of carbonyl (C=O) groups excluding carboxylic acids is 2. The van der Waals surface area contributed by atoms with Crippen LogP contribution in [0.25, 0.3) is 0 Å². The number of aryl methyl sites for hydroxylation is 3. The summed E-state index contributed by atoms with van der Waals surface area (Å²) in [6.07, 6.45) is 0.337. The van der Waals surface area contributed by atoms with Gasteiger partial charge in [0.2, 0.25) is 0 Å². The molecule has 0 saturated heterocycles. The highest BCUT2D eigenvalue weighted by molar-refractivity contribution is 6.08. The number of anilines is 1. The third kappa shape index (κ3) is 4.63. The van der Waals surface area contributed by atoms with Crippen LogP contribution in [-0.4, -0.2) is 39.5 Å².